The molecule has 62 heavy (non-hydrogen) atoms. The number of hydrogen-bond donors (Lipinski definition) is 0. The molecule has 0 amide bonds. The quantitative estimate of drug-likeness (QED) is 0.167. The average molecular weight is 796 g/mol. The van der Waals surface area contributed by atoms with Gasteiger partial charge in [0, 0.05) is 44.2 Å². The number of benzene rings is 9. The van der Waals surface area contributed by atoms with E-state index in [1.54, 1.807) is 0 Å². The normalized spacial score (nSPS) is 14.1. The number of para-hydroxylation sites is 2. The second-order valence-electron chi connectivity index (χ2n) is 18.1. The molecule has 2 aliphatic carbocycles. The SMILES string of the molecule is CC1(C)c2ccccc2-c2c1cc1c(c2-c2ccccc2)-c2cc(N(c3ccc(-c4ccccc4)cc3)c3ccc(-c4cccc5c4oc4ccccc45)cc3)ccc2C1(C)C. The number of fused-ring (bicyclic) bond motifs is 9. The van der Waals surface area contributed by atoms with Crippen molar-refractivity contribution in [3.05, 3.63) is 222 Å². The van der Waals surface area contributed by atoms with E-state index in [0.29, 0.717) is 0 Å². The molecule has 2 heteroatoms. The second-order valence-corrected chi connectivity index (χ2v) is 18.1. The van der Waals surface area contributed by atoms with Crippen LogP contribution in [0, 0.1) is 0 Å². The molecule has 1 aromatic heterocycles. The first-order valence-corrected chi connectivity index (χ1v) is 21.8. The molecule has 12 rings (SSSR count). The molecule has 0 N–H and O–H groups in total. The molecule has 0 radical (unpaired) electrons. The molecule has 0 bridgehead atoms. The van der Waals surface area contributed by atoms with Gasteiger partial charge in [0.05, 0.1) is 0 Å². The van der Waals surface area contributed by atoms with E-state index in [4.69, 9.17) is 4.42 Å². The Kier molecular flexibility index (Phi) is 7.96. The van der Waals surface area contributed by atoms with E-state index in [2.05, 4.69) is 227 Å². The van der Waals surface area contributed by atoms with Gasteiger partial charge in [-0.2, -0.15) is 0 Å². The van der Waals surface area contributed by atoms with Crippen molar-refractivity contribution in [2.45, 2.75) is 38.5 Å². The van der Waals surface area contributed by atoms with Gasteiger partial charge < -0.3 is 9.32 Å². The highest BCUT2D eigenvalue weighted by molar-refractivity contribution is 6.10. The predicted molar refractivity (Wildman–Crippen MR) is 260 cm³/mol. The lowest BCUT2D eigenvalue weighted by Gasteiger charge is -2.28. The maximum absolute atomic E-state index is 6.48. The van der Waals surface area contributed by atoms with E-state index in [1.807, 2.05) is 6.07 Å². The zero-order valence-corrected chi connectivity index (χ0v) is 35.4. The van der Waals surface area contributed by atoms with Crippen LogP contribution in [0.1, 0.15) is 49.9 Å². The molecule has 1 heterocycles. The Labute approximate surface area is 363 Å². The number of nitrogens with zero attached hydrogens (tertiary/aromatic N) is 1. The summed E-state index contributed by atoms with van der Waals surface area (Å²) in [4.78, 5) is 2.42. The first kappa shape index (κ1) is 36.4. The molecular weight excluding hydrogens is 751 g/mol. The van der Waals surface area contributed by atoms with Gasteiger partial charge in [0.2, 0.25) is 0 Å². The van der Waals surface area contributed by atoms with E-state index in [9.17, 15) is 0 Å². The van der Waals surface area contributed by atoms with Gasteiger partial charge in [-0.15, -0.1) is 0 Å². The minimum atomic E-state index is -0.200. The Balaban J connectivity index is 1.05. The lowest BCUT2D eigenvalue weighted by molar-refractivity contribution is 0.639. The lowest BCUT2D eigenvalue weighted by Crippen LogP contribution is -2.19. The first-order chi connectivity index (χ1) is 30.3. The van der Waals surface area contributed by atoms with Gasteiger partial charge in [0.1, 0.15) is 11.2 Å². The van der Waals surface area contributed by atoms with Crippen LogP contribution in [-0.2, 0) is 10.8 Å². The fourth-order valence-electron chi connectivity index (χ4n) is 10.7. The van der Waals surface area contributed by atoms with Crippen LogP contribution < -0.4 is 4.90 Å². The van der Waals surface area contributed by atoms with Crippen molar-refractivity contribution in [3.63, 3.8) is 0 Å². The zero-order valence-electron chi connectivity index (χ0n) is 35.4. The van der Waals surface area contributed by atoms with Gasteiger partial charge in [-0.1, -0.05) is 185 Å². The van der Waals surface area contributed by atoms with Crippen molar-refractivity contribution < 1.29 is 4.42 Å². The summed E-state index contributed by atoms with van der Waals surface area (Å²) < 4.78 is 6.48. The third-order valence-corrected chi connectivity index (χ3v) is 13.9. The van der Waals surface area contributed by atoms with Crippen LogP contribution in [0.25, 0.3) is 77.6 Å². The van der Waals surface area contributed by atoms with Gasteiger partial charge in [-0.05, 0) is 115 Å². The summed E-state index contributed by atoms with van der Waals surface area (Å²) in [5, 5.41) is 2.27. The molecular formula is C60H45NO. The summed E-state index contributed by atoms with van der Waals surface area (Å²) in [6.45, 7) is 9.62. The highest BCUT2D eigenvalue weighted by atomic mass is 16.3. The van der Waals surface area contributed by atoms with Crippen LogP contribution in [0.4, 0.5) is 17.1 Å². The molecule has 0 spiro atoms. The van der Waals surface area contributed by atoms with Gasteiger partial charge in [0.25, 0.3) is 0 Å². The van der Waals surface area contributed by atoms with Crippen molar-refractivity contribution in [1.82, 2.24) is 0 Å². The summed E-state index contributed by atoms with van der Waals surface area (Å²) in [7, 11) is 0. The molecule has 0 saturated carbocycles. The summed E-state index contributed by atoms with van der Waals surface area (Å²) in [6, 6.07) is 73.3. The molecule has 9 aromatic carbocycles. The summed E-state index contributed by atoms with van der Waals surface area (Å²) in [6.07, 6.45) is 0. The molecule has 0 unspecified atom stereocenters. The van der Waals surface area contributed by atoms with Crippen LogP contribution >= 0.6 is 0 Å². The summed E-state index contributed by atoms with van der Waals surface area (Å²) >= 11 is 0. The smallest absolute Gasteiger partial charge is 0.143 e. The minimum Gasteiger partial charge on any atom is -0.455 e. The third-order valence-electron chi connectivity index (χ3n) is 13.9. The maximum atomic E-state index is 6.48. The highest BCUT2D eigenvalue weighted by Gasteiger charge is 2.44. The van der Waals surface area contributed by atoms with Crippen LogP contribution in [0.2, 0.25) is 0 Å². The van der Waals surface area contributed by atoms with Crippen LogP contribution in [0.15, 0.2) is 205 Å². The largest absolute Gasteiger partial charge is 0.455 e. The third kappa shape index (κ3) is 5.36. The van der Waals surface area contributed by atoms with Gasteiger partial charge >= 0.3 is 0 Å². The molecule has 0 saturated heterocycles. The predicted octanol–water partition coefficient (Wildman–Crippen LogP) is 16.7. The zero-order chi connectivity index (χ0) is 41.7. The van der Waals surface area contributed by atoms with E-state index in [1.165, 1.54) is 66.8 Å². The lowest BCUT2D eigenvalue weighted by atomic mass is 9.76. The second kappa shape index (κ2) is 13.5. The van der Waals surface area contributed by atoms with Crippen molar-refractivity contribution in [2.24, 2.45) is 0 Å². The van der Waals surface area contributed by atoms with E-state index in [-0.39, 0.29) is 10.8 Å². The van der Waals surface area contributed by atoms with Crippen LogP contribution in [-0.4, -0.2) is 0 Å². The van der Waals surface area contributed by atoms with Crippen LogP contribution in [0.3, 0.4) is 0 Å². The Morgan fingerprint density at radius 2 is 0.855 bits per heavy atom. The van der Waals surface area contributed by atoms with Crippen molar-refractivity contribution in [3.8, 4) is 55.6 Å². The fourth-order valence-corrected chi connectivity index (χ4v) is 10.7. The van der Waals surface area contributed by atoms with E-state index >= 15 is 0 Å². The molecule has 0 fully saturated rings. The Morgan fingerprint density at radius 3 is 1.56 bits per heavy atom. The van der Waals surface area contributed by atoms with Gasteiger partial charge in [0.15, 0.2) is 0 Å². The van der Waals surface area contributed by atoms with Crippen molar-refractivity contribution >= 4 is 39.0 Å². The molecule has 0 aliphatic heterocycles. The fraction of sp³-hybridized carbons (Fsp3) is 0.100. The van der Waals surface area contributed by atoms with Crippen LogP contribution in [0.5, 0.6) is 0 Å². The highest BCUT2D eigenvalue weighted by Crippen LogP contribution is 2.61. The van der Waals surface area contributed by atoms with Crippen molar-refractivity contribution in [1.29, 1.82) is 0 Å². The summed E-state index contributed by atoms with van der Waals surface area (Å²) in [5.41, 5.74) is 22.9. The van der Waals surface area contributed by atoms with Gasteiger partial charge in [-0.25, -0.2) is 0 Å². The molecule has 10 aromatic rings. The first-order valence-electron chi connectivity index (χ1n) is 21.8. The standard InChI is InChI=1S/C60H45NO/c1-59(2)50-24-13-11-21-48(50)56-52(59)37-53-57(55(56)41-18-9-6-10-19-41)49-36-44(34-35-51(49)60(53,3)4)61(42-30-26-39(27-31-42)38-16-7-5-8-17-38)43-32-28-40(29-33-43)45-22-15-23-47-46-20-12-14-25-54(46)62-58(45)47/h5-37H,1-4H3. The molecule has 2 aliphatic rings. The monoisotopic (exact) mass is 795 g/mol. The maximum Gasteiger partial charge on any atom is 0.143 e. The molecule has 0 atom stereocenters. The minimum absolute atomic E-state index is 0.120. The van der Waals surface area contributed by atoms with E-state index in [0.717, 1.165) is 50.1 Å². The molecule has 2 nitrogen and oxygen atoms in total. The average Bonchev–Trinajstić information content (AvgIpc) is 3.89. The van der Waals surface area contributed by atoms with Crippen molar-refractivity contribution in [2.75, 3.05) is 4.90 Å². The summed E-state index contributed by atoms with van der Waals surface area (Å²) in [5.74, 6) is 0. The number of rotatable bonds is 6. The van der Waals surface area contributed by atoms with E-state index < -0.39 is 0 Å². The topological polar surface area (TPSA) is 16.4 Å². The van der Waals surface area contributed by atoms with Gasteiger partial charge in [-0.3, -0.25) is 0 Å². The Hall–Kier alpha value is -7.42. The Morgan fingerprint density at radius 1 is 0.339 bits per heavy atom. The molecule has 296 valence electrons. The number of anilines is 3. The number of furan rings is 1. The Bertz CT molecular complexity index is 3370. The number of hydrogen-bond acceptors (Lipinski definition) is 2.